The Kier molecular flexibility index (Phi) is 4.97. The van der Waals surface area contributed by atoms with Crippen LogP contribution in [0.1, 0.15) is 47.4 Å². The fourth-order valence-corrected chi connectivity index (χ4v) is 4.33. The quantitative estimate of drug-likeness (QED) is 0.643. The number of aliphatic carboxylic acids is 1. The van der Waals surface area contributed by atoms with Gasteiger partial charge in [-0.3, -0.25) is 9.59 Å². The Hall–Kier alpha value is -3.94. The molecule has 8 nitrogen and oxygen atoms in total. The van der Waals surface area contributed by atoms with Crippen molar-refractivity contribution in [3.63, 3.8) is 0 Å². The number of carbonyl (C=O) groups excluding carboxylic acids is 1. The van der Waals surface area contributed by atoms with Gasteiger partial charge >= 0.3 is 5.97 Å². The van der Waals surface area contributed by atoms with E-state index in [1.54, 1.807) is 18.1 Å². The third-order valence-electron chi connectivity index (χ3n) is 5.90. The molecule has 0 fully saturated rings. The van der Waals surface area contributed by atoms with Gasteiger partial charge in [-0.25, -0.2) is 9.97 Å². The topological polar surface area (TPSA) is 104 Å². The predicted octanol–water partition coefficient (Wildman–Crippen LogP) is 3.72. The van der Waals surface area contributed by atoms with E-state index < -0.39 is 5.97 Å². The fraction of sp³-hybridized carbons (Fsp3) is 0.250. The van der Waals surface area contributed by atoms with Gasteiger partial charge in [-0.05, 0) is 42.2 Å². The van der Waals surface area contributed by atoms with E-state index in [-0.39, 0.29) is 18.4 Å². The van der Waals surface area contributed by atoms with Crippen molar-refractivity contribution in [2.75, 3.05) is 7.05 Å². The summed E-state index contributed by atoms with van der Waals surface area (Å²) in [4.78, 5) is 38.5. The molecule has 0 bridgehead atoms. The van der Waals surface area contributed by atoms with Crippen LogP contribution >= 0.6 is 0 Å². The Bertz CT molecular complexity index is 1280. The molecule has 8 heteroatoms. The maximum Gasteiger partial charge on any atom is 0.305 e. The highest BCUT2D eigenvalue weighted by Gasteiger charge is 2.27. The maximum atomic E-state index is 13.1. The van der Waals surface area contributed by atoms with Crippen molar-refractivity contribution in [2.45, 2.75) is 31.8 Å². The second-order valence-electron chi connectivity index (χ2n) is 8.20. The largest absolute Gasteiger partial charge is 0.481 e. The van der Waals surface area contributed by atoms with Crippen LogP contribution < -0.4 is 0 Å². The van der Waals surface area contributed by atoms with Gasteiger partial charge in [-0.1, -0.05) is 30.4 Å². The number of rotatable bonds is 5. The van der Waals surface area contributed by atoms with Crippen molar-refractivity contribution < 1.29 is 14.7 Å². The van der Waals surface area contributed by atoms with Crippen LogP contribution in [-0.2, 0) is 11.3 Å². The van der Waals surface area contributed by atoms with Crippen molar-refractivity contribution in [3.05, 3.63) is 77.2 Å². The van der Waals surface area contributed by atoms with Crippen LogP contribution in [-0.4, -0.2) is 48.4 Å². The fourth-order valence-electron chi connectivity index (χ4n) is 4.33. The Labute approximate surface area is 184 Å². The number of imidazole rings is 2. The minimum atomic E-state index is -0.875. The highest BCUT2D eigenvalue weighted by atomic mass is 16.4. The van der Waals surface area contributed by atoms with Crippen LogP contribution in [0.4, 0.5) is 0 Å². The third-order valence-corrected chi connectivity index (χ3v) is 5.90. The molecule has 3 aromatic rings. The minimum absolute atomic E-state index is 0.0337. The van der Waals surface area contributed by atoms with Gasteiger partial charge in [0, 0.05) is 19.3 Å². The van der Waals surface area contributed by atoms with Gasteiger partial charge in [0.1, 0.15) is 17.3 Å². The summed E-state index contributed by atoms with van der Waals surface area (Å²) < 4.78 is 1.84. The zero-order valence-corrected chi connectivity index (χ0v) is 17.7. The number of H-pyrrole nitrogens is 1. The van der Waals surface area contributed by atoms with Gasteiger partial charge < -0.3 is 19.6 Å². The number of para-hydroxylation sites is 2. The zero-order valence-electron chi connectivity index (χ0n) is 17.7. The van der Waals surface area contributed by atoms with Crippen LogP contribution in [0.25, 0.3) is 17.1 Å². The van der Waals surface area contributed by atoms with Crippen molar-refractivity contribution in [1.82, 2.24) is 24.4 Å². The number of nitrogens with zero attached hydrogens (tertiary/aromatic N) is 4. The van der Waals surface area contributed by atoms with E-state index in [4.69, 9.17) is 0 Å². The molecule has 2 aliphatic rings. The van der Waals surface area contributed by atoms with Crippen LogP contribution in [0.5, 0.6) is 0 Å². The predicted molar refractivity (Wildman–Crippen MR) is 120 cm³/mol. The highest BCUT2D eigenvalue weighted by Crippen LogP contribution is 2.35. The average Bonchev–Trinajstić information content (AvgIpc) is 3.34. The van der Waals surface area contributed by atoms with Crippen LogP contribution in [0.15, 0.2) is 59.8 Å². The summed E-state index contributed by atoms with van der Waals surface area (Å²) in [6.07, 6.45) is 11.1. The number of carbonyl (C=O) groups is 2. The molecule has 1 amide bonds. The summed E-state index contributed by atoms with van der Waals surface area (Å²) in [6, 6.07) is 7.42. The van der Waals surface area contributed by atoms with Gasteiger partial charge in [0.05, 0.1) is 24.0 Å². The van der Waals surface area contributed by atoms with Crippen molar-refractivity contribution >= 4 is 29.0 Å². The van der Waals surface area contributed by atoms with Crippen LogP contribution in [0.2, 0.25) is 0 Å². The minimum Gasteiger partial charge on any atom is -0.481 e. The van der Waals surface area contributed by atoms with E-state index in [1.807, 2.05) is 47.1 Å². The lowest BCUT2D eigenvalue weighted by Crippen LogP contribution is -2.27. The van der Waals surface area contributed by atoms with Crippen molar-refractivity contribution in [1.29, 1.82) is 0 Å². The summed E-state index contributed by atoms with van der Waals surface area (Å²) in [5.41, 5.74) is 4.31. The lowest BCUT2D eigenvalue weighted by molar-refractivity contribution is -0.137. The summed E-state index contributed by atoms with van der Waals surface area (Å²) in [5.74, 6) is 0.195. The molecular weight excluding hydrogens is 406 g/mol. The number of hydrogen-bond donors (Lipinski definition) is 2. The molecule has 3 heterocycles. The van der Waals surface area contributed by atoms with E-state index in [0.717, 1.165) is 28.6 Å². The molecule has 1 aliphatic heterocycles. The molecule has 0 spiro atoms. The van der Waals surface area contributed by atoms with Crippen LogP contribution in [0.3, 0.4) is 0 Å². The first kappa shape index (κ1) is 20.0. The number of amides is 1. The zero-order chi connectivity index (χ0) is 22.2. The summed E-state index contributed by atoms with van der Waals surface area (Å²) in [6.45, 7) is 0.313. The second-order valence-corrected chi connectivity index (χ2v) is 8.20. The SMILES string of the molecule is CN(Cc1nc2ccccc2[nH]1)C(=O)c1cn2c(n1)C=C1CC=CC=C1CC2CC(=O)O. The number of aromatic nitrogens is 4. The van der Waals surface area contributed by atoms with E-state index in [2.05, 4.69) is 21.0 Å². The molecule has 5 rings (SSSR count). The Balaban J connectivity index is 1.43. The number of carboxylic acids is 1. The van der Waals surface area contributed by atoms with Gasteiger partial charge in [-0.2, -0.15) is 0 Å². The van der Waals surface area contributed by atoms with E-state index in [0.29, 0.717) is 30.3 Å². The first-order chi connectivity index (χ1) is 15.5. The second kappa shape index (κ2) is 7.96. The average molecular weight is 429 g/mol. The molecule has 0 radical (unpaired) electrons. The molecule has 1 unspecified atom stereocenters. The van der Waals surface area contributed by atoms with E-state index >= 15 is 0 Å². The molecule has 2 aromatic heterocycles. The standard InChI is InChI=1S/C24H23N5O3/c1-28(14-21-25-18-8-4-5-9-19(18)26-21)24(32)20-13-29-17(12-23(30)31)10-15-6-2-3-7-16(15)11-22(29)27-20/h2-6,8-9,11,13,17H,7,10,12,14H2,1H3,(H,25,26)(H,30,31). The number of nitrogens with one attached hydrogen (secondary N) is 1. The number of benzene rings is 1. The number of fused-ring (bicyclic) bond motifs is 3. The molecule has 2 N–H and O–H groups in total. The Morgan fingerprint density at radius 1 is 1.25 bits per heavy atom. The molecule has 32 heavy (non-hydrogen) atoms. The van der Waals surface area contributed by atoms with Crippen molar-refractivity contribution in [2.24, 2.45) is 0 Å². The Morgan fingerprint density at radius 3 is 2.91 bits per heavy atom. The number of carboxylic acid groups (broad SMARTS) is 1. The van der Waals surface area contributed by atoms with Gasteiger partial charge in [0.15, 0.2) is 0 Å². The van der Waals surface area contributed by atoms with Crippen molar-refractivity contribution in [3.8, 4) is 0 Å². The lowest BCUT2D eigenvalue weighted by atomic mass is 9.92. The summed E-state index contributed by atoms with van der Waals surface area (Å²) in [5, 5.41) is 9.44. The Morgan fingerprint density at radius 2 is 2.09 bits per heavy atom. The monoisotopic (exact) mass is 429 g/mol. The van der Waals surface area contributed by atoms with E-state index in [1.165, 1.54) is 0 Å². The van der Waals surface area contributed by atoms with Gasteiger partial charge in [0.25, 0.3) is 5.91 Å². The molecule has 1 aliphatic carbocycles. The smallest absolute Gasteiger partial charge is 0.305 e. The van der Waals surface area contributed by atoms with Crippen LogP contribution in [0, 0.1) is 0 Å². The summed E-state index contributed by atoms with van der Waals surface area (Å²) >= 11 is 0. The first-order valence-corrected chi connectivity index (χ1v) is 10.5. The normalized spacial score (nSPS) is 17.2. The first-order valence-electron chi connectivity index (χ1n) is 10.5. The molecule has 1 atom stereocenters. The molecule has 0 saturated heterocycles. The maximum absolute atomic E-state index is 13.1. The molecule has 0 saturated carbocycles. The van der Waals surface area contributed by atoms with Gasteiger partial charge in [-0.15, -0.1) is 0 Å². The lowest BCUT2D eigenvalue weighted by Gasteiger charge is -2.19. The molecule has 1 aromatic carbocycles. The summed E-state index contributed by atoms with van der Waals surface area (Å²) in [7, 11) is 1.71. The molecule has 162 valence electrons. The number of hydrogen-bond acceptors (Lipinski definition) is 4. The number of allylic oxidation sites excluding steroid dienone is 5. The third kappa shape index (κ3) is 3.75. The molecular formula is C24H23N5O3. The van der Waals surface area contributed by atoms with Gasteiger partial charge in [0.2, 0.25) is 0 Å². The van der Waals surface area contributed by atoms with E-state index in [9.17, 15) is 14.7 Å². The highest BCUT2D eigenvalue weighted by molar-refractivity contribution is 5.92. The number of aromatic amines is 1.